The first kappa shape index (κ1) is 31.7. The van der Waals surface area contributed by atoms with Crippen molar-refractivity contribution < 1.29 is 24.2 Å². The maximum Gasteiger partial charge on any atom is 0.305 e. The highest BCUT2D eigenvalue weighted by atomic mass is 35.5. The smallest absolute Gasteiger partial charge is 0.305 e. The number of esters is 2. The van der Waals surface area contributed by atoms with Gasteiger partial charge in [0.1, 0.15) is 0 Å². The summed E-state index contributed by atoms with van der Waals surface area (Å²) in [5.41, 5.74) is 10.4. The van der Waals surface area contributed by atoms with Crippen LogP contribution in [0.1, 0.15) is 52.0 Å². The van der Waals surface area contributed by atoms with Gasteiger partial charge in [0.2, 0.25) is 0 Å². The highest BCUT2D eigenvalue weighted by Crippen LogP contribution is 2.37. The monoisotopic (exact) mass is 626 g/mol. The van der Waals surface area contributed by atoms with Gasteiger partial charge < -0.3 is 19.6 Å². The van der Waals surface area contributed by atoms with E-state index in [1.165, 1.54) is 20.3 Å². The third-order valence-electron chi connectivity index (χ3n) is 8.30. The minimum absolute atomic E-state index is 0.189. The van der Waals surface area contributed by atoms with Crippen molar-refractivity contribution in [3.8, 4) is 0 Å². The standard InChI is InChI=1S/C35H35ClN4O5/c1-18-13-22-14-27-19(2)23(7-9-33(42)44-5)30(38-27)17-31-24(8-10-34(43)45-6)20(3)28(39-31)16-29-21(4)35(25(36)11-12-41)32(40-29)15-26(18)37-22/h11-17,37,41H,7-10H2,1-6H3. The summed E-state index contributed by atoms with van der Waals surface area (Å²) < 4.78 is 9.84. The van der Waals surface area contributed by atoms with Crippen LogP contribution in [0.25, 0.3) is 12.2 Å². The number of nitrogens with one attached hydrogen (secondary N) is 1. The molecule has 0 fully saturated rings. The van der Waals surface area contributed by atoms with Gasteiger partial charge in [-0.15, -0.1) is 0 Å². The number of ether oxygens (including phenoxy) is 2. The van der Waals surface area contributed by atoms with E-state index in [1.54, 1.807) is 0 Å². The van der Waals surface area contributed by atoms with E-state index in [2.05, 4.69) is 4.98 Å². The van der Waals surface area contributed by atoms with Crippen LogP contribution in [0.15, 0.2) is 101 Å². The quantitative estimate of drug-likeness (QED) is 0.309. The highest BCUT2D eigenvalue weighted by molar-refractivity contribution is 6.38. The van der Waals surface area contributed by atoms with Gasteiger partial charge in [-0.1, -0.05) is 11.6 Å². The number of methoxy groups -OCH3 is 2. The number of aryl methyl sites for hydroxylation is 1. The summed E-state index contributed by atoms with van der Waals surface area (Å²) in [5, 5.41) is 11.5. The fraction of sp³-hybridized carbons (Fsp3) is 0.286. The molecule has 0 spiro atoms. The largest absolute Gasteiger partial charge is 0.516 e. The first-order valence-electron chi connectivity index (χ1n) is 14.6. The Morgan fingerprint density at radius 1 is 0.822 bits per heavy atom. The van der Waals surface area contributed by atoms with E-state index in [-0.39, 0.29) is 24.8 Å². The first-order chi connectivity index (χ1) is 21.5. The van der Waals surface area contributed by atoms with Crippen molar-refractivity contribution in [2.24, 2.45) is 15.0 Å². The number of aliphatic hydroxyl groups excluding tert-OH is 1. The summed E-state index contributed by atoms with van der Waals surface area (Å²) in [6.07, 6.45) is 11.4. The van der Waals surface area contributed by atoms with Crippen LogP contribution in [0.3, 0.4) is 0 Å². The molecule has 0 unspecified atom stereocenters. The van der Waals surface area contributed by atoms with E-state index in [4.69, 9.17) is 36.1 Å². The van der Waals surface area contributed by atoms with E-state index in [1.807, 2.05) is 58.1 Å². The molecule has 2 N–H and O–H groups in total. The van der Waals surface area contributed by atoms with E-state index < -0.39 is 0 Å². The number of aromatic nitrogens is 1. The lowest BCUT2D eigenvalue weighted by Crippen LogP contribution is -2.15. The topological polar surface area (TPSA) is 126 Å². The second-order valence-corrected chi connectivity index (χ2v) is 11.5. The number of allylic oxidation sites excluding steroid dienone is 10. The zero-order valence-electron chi connectivity index (χ0n) is 26.2. The third kappa shape index (κ3) is 6.40. The van der Waals surface area contributed by atoms with Crippen molar-refractivity contribution in [1.29, 1.82) is 0 Å². The van der Waals surface area contributed by atoms with E-state index in [0.29, 0.717) is 52.0 Å². The summed E-state index contributed by atoms with van der Waals surface area (Å²) in [6.45, 7) is 7.91. The Balaban J connectivity index is 1.78. The van der Waals surface area contributed by atoms with Crippen molar-refractivity contribution >= 4 is 52.8 Å². The summed E-state index contributed by atoms with van der Waals surface area (Å²) in [7, 11) is 2.75. The molecule has 1 aromatic rings. The van der Waals surface area contributed by atoms with Crippen LogP contribution in [0.4, 0.5) is 0 Å². The highest BCUT2D eigenvalue weighted by Gasteiger charge is 2.27. The molecule has 1 aromatic heterocycles. The lowest BCUT2D eigenvalue weighted by Gasteiger charge is -2.08. The van der Waals surface area contributed by atoms with Crippen molar-refractivity contribution in [2.75, 3.05) is 14.2 Å². The van der Waals surface area contributed by atoms with Crippen molar-refractivity contribution in [3.05, 3.63) is 102 Å². The molecule has 0 saturated carbocycles. The second-order valence-electron chi connectivity index (χ2n) is 11.1. The minimum atomic E-state index is -0.315. The maximum atomic E-state index is 12.2. The zero-order chi connectivity index (χ0) is 32.4. The number of carbonyl (C=O) groups excluding carboxylic acids is 2. The van der Waals surface area contributed by atoms with Gasteiger partial charge in [0.05, 0.1) is 59.7 Å². The predicted molar refractivity (Wildman–Crippen MR) is 177 cm³/mol. The molecule has 5 heterocycles. The minimum Gasteiger partial charge on any atom is -0.516 e. The average molecular weight is 627 g/mol. The number of nitrogens with zero attached hydrogens (tertiary/aromatic N) is 3. The van der Waals surface area contributed by atoms with E-state index in [9.17, 15) is 14.7 Å². The lowest BCUT2D eigenvalue weighted by molar-refractivity contribution is -0.141. The summed E-state index contributed by atoms with van der Waals surface area (Å²) in [4.78, 5) is 42.7. The van der Waals surface area contributed by atoms with Crippen molar-refractivity contribution in [2.45, 2.75) is 53.4 Å². The Hall–Kier alpha value is -4.76. The number of H-pyrrole nitrogens is 1. The fourth-order valence-corrected chi connectivity index (χ4v) is 6.02. The van der Waals surface area contributed by atoms with Crippen LogP contribution in [0.2, 0.25) is 0 Å². The maximum absolute atomic E-state index is 12.2. The van der Waals surface area contributed by atoms with Crippen molar-refractivity contribution in [3.63, 3.8) is 0 Å². The molecule has 9 nitrogen and oxygen atoms in total. The molecule has 4 aliphatic heterocycles. The zero-order valence-corrected chi connectivity index (χ0v) is 26.9. The van der Waals surface area contributed by atoms with Crippen LogP contribution in [0, 0.1) is 6.92 Å². The molecule has 8 bridgehead atoms. The molecule has 0 atom stereocenters. The van der Waals surface area contributed by atoms with E-state index >= 15 is 0 Å². The van der Waals surface area contributed by atoms with E-state index in [0.717, 1.165) is 56.1 Å². The number of fused-ring (bicyclic) bond motifs is 5. The number of hydrogen-bond acceptors (Lipinski definition) is 8. The molecular weight excluding hydrogens is 592 g/mol. The van der Waals surface area contributed by atoms with Gasteiger partial charge in [0.15, 0.2) is 0 Å². The van der Waals surface area contributed by atoms with Gasteiger partial charge >= 0.3 is 11.9 Å². The van der Waals surface area contributed by atoms with Gasteiger partial charge in [-0.3, -0.25) is 9.59 Å². The Bertz CT molecular complexity index is 1950. The summed E-state index contributed by atoms with van der Waals surface area (Å²) in [6, 6.07) is 2.04. The second kappa shape index (κ2) is 13.1. The molecule has 10 heteroatoms. The molecule has 0 amide bonds. The molecule has 45 heavy (non-hydrogen) atoms. The Labute approximate surface area is 266 Å². The van der Waals surface area contributed by atoms with Gasteiger partial charge in [-0.2, -0.15) is 0 Å². The molecule has 5 rings (SSSR count). The predicted octanol–water partition coefficient (Wildman–Crippen LogP) is 5.41. The van der Waals surface area contributed by atoms with Crippen LogP contribution in [-0.4, -0.2) is 53.4 Å². The Morgan fingerprint density at radius 2 is 1.49 bits per heavy atom. The van der Waals surface area contributed by atoms with Crippen molar-refractivity contribution in [1.82, 2.24) is 4.98 Å². The molecule has 0 saturated heterocycles. The normalized spacial score (nSPS) is 18.8. The number of aromatic amines is 1. The van der Waals surface area contributed by atoms with Crippen LogP contribution >= 0.6 is 11.6 Å². The molecule has 0 radical (unpaired) electrons. The average Bonchev–Trinajstić information content (AvgIpc) is 3.69. The third-order valence-corrected chi connectivity index (χ3v) is 8.61. The van der Waals surface area contributed by atoms with Gasteiger partial charge in [0.25, 0.3) is 0 Å². The number of rotatable bonds is 7. The molecule has 4 aliphatic rings. The summed E-state index contributed by atoms with van der Waals surface area (Å²) in [5.74, 6) is -0.615. The molecule has 0 aliphatic carbocycles. The van der Waals surface area contributed by atoms with Crippen LogP contribution in [0.5, 0.6) is 0 Å². The number of aliphatic imine (C=N–C) groups is 3. The van der Waals surface area contributed by atoms with Crippen LogP contribution in [-0.2, 0) is 19.1 Å². The van der Waals surface area contributed by atoms with Gasteiger partial charge in [-0.25, -0.2) is 15.0 Å². The molecule has 0 aromatic carbocycles. The summed E-state index contributed by atoms with van der Waals surface area (Å²) >= 11 is 6.66. The number of aliphatic hydroxyl groups is 1. The number of halogens is 1. The van der Waals surface area contributed by atoms with Gasteiger partial charge in [0, 0.05) is 29.1 Å². The number of carbonyl (C=O) groups is 2. The molecule has 232 valence electrons. The SMILES string of the molecule is COC(=O)CCC1=C(C)C2=NC1=CC1=NC(=CC3=C(C)C(=C(Cl)C=CO)C(=N3)C=c3[nH]c(cc3C)=C2)C(C)=C1CCC(=O)OC. The number of hydrogen-bond donors (Lipinski definition) is 2. The lowest BCUT2D eigenvalue weighted by atomic mass is 9.96. The first-order valence-corrected chi connectivity index (χ1v) is 15.0. The van der Waals surface area contributed by atoms with Crippen LogP contribution < -0.4 is 10.7 Å². The molecular formula is C35H35ClN4O5. The fourth-order valence-electron chi connectivity index (χ4n) is 5.72. The Morgan fingerprint density at radius 3 is 2.16 bits per heavy atom. The van der Waals surface area contributed by atoms with Gasteiger partial charge in [-0.05, 0) is 110 Å². The Kier molecular flexibility index (Phi) is 9.20.